The first kappa shape index (κ1) is 97.5. The number of aryl methyl sites for hydroxylation is 1. The summed E-state index contributed by atoms with van der Waals surface area (Å²) in [6.45, 7) is 5.79. The van der Waals surface area contributed by atoms with Crippen LogP contribution in [0.5, 0.6) is 0 Å². The number of thioether (sulfide) groups is 1. The fourth-order valence-electron chi connectivity index (χ4n) is 17.4. The Morgan fingerprint density at radius 2 is 0.607 bits per heavy atom. The molecule has 23 atom stereocenters. The van der Waals surface area contributed by atoms with Gasteiger partial charge in [-0.2, -0.15) is 0 Å². The molecule has 2 unspecified atom stereocenters. The molecular weight excluding hydrogens is 1840 g/mol. The van der Waals surface area contributed by atoms with E-state index in [1.807, 2.05) is 297 Å². The highest BCUT2D eigenvalue weighted by Crippen LogP contribution is 2.45. The van der Waals surface area contributed by atoms with E-state index in [0.29, 0.717) is 6.61 Å². The lowest BCUT2D eigenvalue weighted by molar-refractivity contribution is -0.412. The van der Waals surface area contributed by atoms with E-state index < -0.39 is 138 Å². The minimum Gasteiger partial charge on any atom is -0.374 e. The molecule has 5 fully saturated rings. The second kappa shape index (κ2) is 51.0. The largest absolute Gasteiger partial charge is 0.374 e. The van der Waals surface area contributed by atoms with Crippen LogP contribution in [0.25, 0.3) is 0 Å². The highest BCUT2D eigenvalue weighted by atomic mass is 127. The summed E-state index contributed by atoms with van der Waals surface area (Å²) >= 11 is 3.93. The van der Waals surface area contributed by atoms with Gasteiger partial charge in [-0.05, 0) is 81.6 Å². The number of alkyl halides is 1. The number of benzene rings is 12. The van der Waals surface area contributed by atoms with Gasteiger partial charge in [0.05, 0.1) is 96.4 Å². The van der Waals surface area contributed by atoms with Crippen LogP contribution in [0, 0.1) is 6.92 Å². The Labute approximate surface area is 809 Å². The molecule has 23 heteroatoms. The van der Waals surface area contributed by atoms with Crippen LogP contribution in [0.1, 0.15) is 80.0 Å². The van der Waals surface area contributed by atoms with Crippen molar-refractivity contribution in [3.05, 3.63) is 425 Å². The number of halogens is 1. The highest BCUT2D eigenvalue weighted by molar-refractivity contribution is 14.1. The molecule has 135 heavy (non-hydrogen) atoms. The Morgan fingerprint density at radius 3 is 0.978 bits per heavy atom. The Balaban J connectivity index is 0.834. The molecule has 12 aromatic rings. The van der Waals surface area contributed by atoms with E-state index in [9.17, 15) is 0 Å². The Kier molecular flexibility index (Phi) is 36.8. The van der Waals surface area contributed by atoms with Crippen molar-refractivity contribution in [2.75, 3.05) is 33.5 Å². The summed E-state index contributed by atoms with van der Waals surface area (Å²) < 4.78 is 156. The summed E-state index contributed by atoms with van der Waals surface area (Å²) in [6, 6.07) is 119. The van der Waals surface area contributed by atoms with Crippen LogP contribution >= 0.6 is 34.4 Å². The molecule has 0 saturated carbocycles. The van der Waals surface area contributed by atoms with E-state index in [1.54, 1.807) is 7.11 Å². The fourth-order valence-corrected chi connectivity index (χ4v) is 18.8. The molecule has 0 radical (unpaired) electrons. The van der Waals surface area contributed by atoms with Gasteiger partial charge in [-0.3, -0.25) is 0 Å². The molecule has 17 rings (SSSR count). The van der Waals surface area contributed by atoms with Gasteiger partial charge < -0.3 is 99.5 Å². The zero-order valence-corrected chi connectivity index (χ0v) is 79.1. The maximum atomic E-state index is 8.39. The lowest BCUT2D eigenvalue weighted by Gasteiger charge is -2.53. The van der Waals surface area contributed by atoms with Crippen molar-refractivity contribution in [2.24, 2.45) is 0 Å². The van der Waals surface area contributed by atoms with Crippen molar-refractivity contribution < 1.29 is 99.5 Å². The number of hydrogen-bond acceptors (Lipinski definition) is 22. The van der Waals surface area contributed by atoms with E-state index in [1.165, 1.54) is 11.8 Å². The molecule has 0 amide bonds. The van der Waals surface area contributed by atoms with Gasteiger partial charge in [-0.1, -0.05) is 386 Å². The van der Waals surface area contributed by atoms with E-state index in [-0.39, 0.29) is 85.9 Å². The molecule has 21 nitrogen and oxygen atoms in total. The average molecular weight is 1960 g/mol. The third kappa shape index (κ3) is 27.7. The molecule has 5 aliphatic heterocycles. The number of hydrogen-bond donors (Lipinski definition) is 0. The van der Waals surface area contributed by atoms with Crippen molar-refractivity contribution in [3.8, 4) is 0 Å². The lowest BCUT2D eigenvalue weighted by Crippen LogP contribution is -2.69. The third-order valence-electron chi connectivity index (χ3n) is 24.4. The topological polar surface area (TPSA) is 194 Å². The second-order valence-electron chi connectivity index (χ2n) is 34.3. The summed E-state index contributed by atoms with van der Waals surface area (Å²) in [5.74, 6) is 0. The first-order chi connectivity index (χ1) is 66.6. The van der Waals surface area contributed by atoms with Crippen molar-refractivity contribution in [1.29, 1.82) is 0 Å². The highest BCUT2D eigenvalue weighted by Gasteiger charge is 2.60. The van der Waals surface area contributed by atoms with Gasteiger partial charge in [-0.15, -0.1) is 0 Å². The van der Waals surface area contributed by atoms with Crippen molar-refractivity contribution in [2.45, 2.75) is 223 Å². The molecule has 12 aromatic carbocycles. The summed E-state index contributed by atoms with van der Waals surface area (Å²) in [5.41, 5.74) is 10.2. The van der Waals surface area contributed by atoms with Gasteiger partial charge in [0, 0.05) is 17.6 Å². The molecule has 0 spiro atoms. The normalized spacial score (nSPS) is 26.7. The van der Waals surface area contributed by atoms with Gasteiger partial charge in [-0.25, -0.2) is 0 Å². The summed E-state index contributed by atoms with van der Waals surface area (Å²) in [6.07, 6.45) is -22.3. The van der Waals surface area contributed by atoms with Crippen LogP contribution in [0.2, 0.25) is 0 Å². The predicted molar refractivity (Wildman–Crippen MR) is 519 cm³/mol. The van der Waals surface area contributed by atoms with E-state index in [4.69, 9.17) is 99.5 Å². The Morgan fingerprint density at radius 1 is 0.304 bits per heavy atom. The van der Waals surface area contributed by atoms with Gasteiger partial charge in [0.2, 0.25) is 0 Å². The van der Waals surface area contributed by atoms with Crippen molar-refractivity contribution in [1.82, 2.24) is 0 Å². The zero-order valence-electron chi connectivity index (χ0n) is 76.1. The number of rotatable bonds is 46. The zero-order chi connectivity index (χ0) is 92.0. The van der Waals surface area contributed by atoms with Gasteiger partial charge >= 0.3 is 0 Å². The number of methoxy groups -OCH3 is 1. The molecule has 0 bridgehead atoms. The van der Waals surface area contributed by atoms with Crippen molar-refractivity contribution >= 4 is 34.4 Å². The second-order valence-corrected chi connectivity index (χ2v) is 37.4. The lowest BCUT2D eigenvalue weighted by atomic mass is 9.94. The Hall–Kier alpha value is -9.12. The maximum absolute atomic E-state index is 8.39. The van der Waals surface area contributed by atoms with Crippen LogP contribution in [0.15, 0.2) is 363 Å². The van der Waals surface area contributed by atoms with E-state index in [2.05, 4.69) is 97.1 Å². The van der Waals surface area contributed by atoms with E-state index in [0.717, 1.165) is 71.7 Å². The van der Waals surface area contributed by atoms with Gasteiger partial charge in [0.1, 0.15) is 103 Å². The minimum absolute atomic E-state index is 0.0146. The summed E-state index contributed by atoms with van der Waals surface area (Å²) in [4.78, 5) is 0.925. The molecule has 0 aliphatic carbocycles. The fraction of sp³-hybridized carbons (Fsp3) is 0.357. The standard InChI is InChI=1S/C112H119IO21S/c1-77-59-61-90(62-60-77)135-112-106(100(122-70-86-51-29-11-30-52-86)96(119-67-83-45-23-8-24-46-83)93(129-112)75-117-65-81-41-19-6-20-42-81)134-107(78(2)113)133-105-99(121-69-85-49-27-10-28-50-85)95(118-66-82-43-21-7-22-44-82)91(73-115-63-79-37-15-4-16-38-79)128-111(105)131-101-97(120-68-84-47-25-9-26-48-84)92(74-116-64-80-39-17-5-18-40-80)127-110(104(101)124-72-88-55-33-13-34-56-88)132-102-98-94(76-125-108(130-98)89-57-35-14-36-58-89)126-109(114-3)103(102)123-71-87-53-31-12-32-54-87/h4-62,78,91-112H,63-76H2,1-3H3/t78?,91-,92-,93-,94-,95-,96-,97-,98-,99+,100+,101+,102+,103+,104-,105-,106-,107?,108-,109+,110-,111-,112+/m1/s1. The van der Waals surface area contributed by atoms with Crippen LogP contribution < -0.4 is 0 Å². The van der Waals surface area contributed by atoms with Crippen molar-refractivity contribution in [3.63, 3.8) is 0 Å². The number of ether oxygens (including phenoxy) is 21. The summed E-state index contributed by atoms with van der Waals surface area (Å²) in [5, 5.41) is 0. The molecular formula is C112H119IO21S. The SMILES string of the molecule is CO[C@H]1O[C@@H]2CO[C@@H](c3ccccc3)O[C@H]2[C@H](O[C@H]2O[C@H](COCc3ccccc3)[C@@H](OCc3ccccc3)[C@H](O[C@H]3O[C@H](COCc4ccccc4)[C@@H](OCc4ccccc4)[C@H](OCc4ccccc4)[C@H]3OC(O[C@@H]3[C@@H](OCc4ccccc4)[C@H](OCc4ccccc4)[C@@H](COCc4ccccc4)O[C@H]3Sc3ccc(C)cc3)C(C)I)[C@H]2OCc2ccccc2)[C@@H]1OCc1ccccc1. The van der Waals surface area contributed by atoms with Gasteiger partial charge in [0.15, 0.2) is 31.5 Å². The molecule has 706 valence electrons. The van der Waals surface area contributed by atoms with E-state index >= 15 is 0 Å². The summed E-state index contributed by atoms with van der Waals surface area (Å²) in [7, 11) is 1.59. The first-order valence-corrected chi connectivity index (χ1v) is 48.6. The average Bonchev–Trinajstić information content (AvgIpc) is 0.751. The van der Waals surface area contributed by atoms with Crippen LogP contribution in [-0.2, 0) is 166 Å². The smallest absolute Gasteiger partial charge is 0.187 e. The first-order valence-electron chi connectivity index (χ1n) is 46.5. The molecule has 5 heterocycles. The molecule has 0 aromatic heterocycles. The molecule has 5 saturated heterocycles. The van der Waals surface area contributed by atoms with Gasteiger partial charge in [0.25, 0.3) is 0 Å². The molecule has 5 aliphatic rings. The van der Waals surface area contributed by atoms with Crippen LogP contribution in [-0.4, -0.2) is 166 Å². The third-order valence-corrected chi connectivity index (χ3v) is 26.1. The monoisotopic (exact) mass is 1960 g/mol. The Bertz CT molecular complexity index is 5330. The predicted octanol–water partition coefficient (Wildman–Crippen LogP) is 20.2. The number of fused-ring (bicyclic) bond motifs is 1. The quantitative estimate of drug-likeness (QED) is 0.0198. The van der Waals surface area contributed by atoms with Crippen LogP contribution in [0.3, 0.4) is 0 Å². The maximum Gasteiger partial charge on any atom is 0.187 e. The van der Waals surface area contributed by atoms with Crippen LogP contribution in [0.4, 0.5) is 0 Å². The molecule has 0 N–H and O–H groups in total. The minimum atomic E-state index is -1.51.